The Morgan fingerprint density at radius 2 is 1.80 bits per heavy atom. The van der Waals surface area contributed by atoms with E-state index in [0.717, 1.165) is 22.5 Å². The summed E-state index contributed by atoms with van der Waals surface area (Å²) < 4.78 is 0. The van der Waals surface area contributed by atoms with Gasteiger partial charge in [-0.15, -0.1) is 0 Å². The standard InChI is InChI=1S/C17H16N2O/c1-13-5-3-7-16(11-13)19(14(2)20)17-8-4-6-15(12-17)9-10-18/h3-8,11-12H,9H2,1-2H3. The average molecular weight is 264 g/mol. The van der Waals surface area contributed by atoms with Crippen LogP contribution in [0.25, 0.3) is 0 Å². The zero-order valence-electron chi connectivity index (χ0n) is 11.6. The quantitative estimate of drug-likeness (QED) is 0.847. The Morgan fingerprint density at radius 3 is 2.40 bits per heavy atom. The summed E-state index contributed by atoms with van der Waals surface area (Å²) in [6, 6.07) is 17.4. The molecule has 3 nitrogen and oxygen atoms in total. The first-order valence-corrected chi connectivity index (χ1v) is 6.45. The van der Waals surface area contributed by atoms with Crippen molar-refractivity contribution in [1.29, 1.82) is 5.26 Å². The van der Waals surface area contributed by atoms with Gasteiger partial charge in [0.05, 0.1) is 12.5 Å². The summed E-state index contributed by atoms with van der Waals surface area (Å²) >= 11 is 0. The van der Waals surface area contributed by atoms with E-state index >= 15 is 0 Å². The molecular weight excluding hydrogens is 248 g/mol. The molecule has 0 N–H and O–H groups in total. The van der Waals surface area contributed by atoms with Gasteiger partial charge in [-0.05, 0) is 42.3 Å². The SMILES string of the molecule is CC(=O)N(c1cccc(C)c1)c1cccc(CC#N)c1. The summed E-state index contributed by atoms with van der Waals surface area (Å²) in [6.07, 6.45) is 0.341. The average Bonchev–Trinajstić information content (AvgIpc) is 2.39. The Morgan fingerprint density at radius 1 is 1.15 bits per heavy atom. The van der Waals surface area contributed by atoms with Gasteiger partial charge < -0.3 is 0 Å². The zero-order chi connectivity index (χ0) is 14.5. The number of carbonyl (C=O) groups is 1. The zero-order valence-corrected chi connectivity index (χ0v) is 11.6. The monoisotopic (exact) mass is 264 g/mol. The molecule has 2 rings (SSSR count). The number of nitrogens with zero attached hydrogens (tertiary/aromatic N) is 2. The van der Waals surface area contributed by atoms with Crippen molar-refractivity contribution in [2.75, 3.05) is 4.90 Å². The molecule has 0 radical (unpaired) electrons. The maximum Gasteiger partial charge on any atom is 0.228 e. The molecule has 0 spiro atoms. The van der Waals surface area contributed by atoms with Crippen molar-refractivity contribution in [2.24, 2.45) is 0 Å². The van der Waals surface area contributed by atoms with Gasteiger partial charge in [0.15, 0.2) is 0 Å². The van der Waals surface area contributed by atoms with Gasteiger partial charge in [0.1, 0.15) is 0 Å². The minimum atomic E-state index is -0.0512. The van der Waals surface area contributed by atoms with Crippen LogP contribution in [0.15, 0.2) is 48.5 Å². The third-order valence-electron chi connectivity index (χ3n) is 3.03. The second-order valence-electron chi connectivity index (χ2n) is 4.70. The normalized spacial score (nSPS) is 9.85. The van der Waals surface area contributed by atoms with E-state index in [4.69, 9.17) is 5.26 Å². The van der Waals surface area contributed by atoms with Gasteiger partial charge in [0.2, 0.25) is 5.91 Å². The minimum absolute atomic E-state index is 0.0512. The second-order valence-corrected chi connectivity index (χ2v) is 4.70. The fourth-order valence-corrected chi connectivity index (χ4v) is 2.18. The van der Waals surface area contributed by atoms with Crippen LogP contribution in [0.5, 0.6) is 0 Å². The smallest absolute Gasteiger partial charge is 0.228 e. The van der Waals surface area contributed by atoms with Gasteiger partial charge >= 0.3 is 0 Å². The van der Waals surface area contributed by atoms with Crippen molar-refractivity contribution in [1.82, 2.24) is 0 Å². The van der Waals surface area contributed by atoms with Crippen molar-refractivity contribution >= 4 is 17.3 Å². The van der Waals surface area contributed by atoms with Crippen LogP contribution >= 0.6 is 0 Å². The minimum Gasteiger partial charge on any atom is -0.281 e. The van der Waals surface area contributed by atoms with Crippen LogP contribution in [-0.4, -0.2) is 5.91 Å². The number of carbonyl (C=O) groups excluding carboxylic acids is 1. The lowest BCUT2D eigenvalue weighted by Gasteiger charge is -2.22. The molecule has 0 aliphatic carbocycles. The van der Waals surface area contributed by atoms with E-state index in [1.807, 2.05) is 55.5 Å². The van der Waals surface area contributed by atoms with E-state index in [2.05, 4.69) is 6.07 Å². The van der Waals surface area contributed by atoms with E-state index in [-0.39, 0.29) is 5.91 Å². The topological polar surface area (TPSA) is 44.1 Å². The molecule has 0 aliphatic heterocycles. The molecule has 0 fully saturated rings. The largest absolute Gasteiger partial charge is 0.281 e. The van der Waals surface area contributed by atoms with Crippen molar-refractivity contribution < 1.29 is 4.79 Å². The third kappa shape index (κ3) is 3.04. The number of nitriles is 1. The number of anilines is 2. The van der Waals surface area contributed by atoms with Crippen molar-refractivity contribution in [3.63, 3.8) is 0 Å². The Bertz CT molecular complexity index is 671. The molecule has 0 unspecified atom stereocenters. The van der Waals surface area contributed by atoms with Gasteiger partial charge in [-0.1, -0.05) is 24.3 Å². The van der Waals surface area contributed by atoms with Crippen LogP contribution < -0.4 is 4.90 Å². The lowest BCUT2D eigenvalue weighted by Crippen LogP contribution is -2.22. The third-order valence-corrected chi connectivity index (χ3v) is 3.03. The Hall–Kier alpha value is -2.60. The molecule has 100 valence electrons. The molecule has 0 aromatic heterocycles. The summed E-state index contributed by atoms with van der Waals surface area (Å²) in [4.78, 5) is 13.6. The summed E-state index contributed by atoms with van der Waals surface area (Å²) in [5.41, 5.74) is 3.63. The van der Waals surface area contributed by atoms with Crippen molar-refractivity contribution in [3.8, 4) is 6.07 Å². The molecule has 0 saturated heterocycles. The predicted molar refractivity (Wildman–Crippen MR) is 79.8 cm³/mol. The molecular formula is C17H16N2O. The Labute approximate surface area is 119 Å². The molecule has 20 heavy (non-hydrogen) atoms. The first-order valence-electron chi connectivity index (χ1n) is 6.45. The predicted octanol–water partition coefficient (Wildman–Crippen LogP) is 3.75. The van der Waals surface area contributed by atoms with E-state index in [0.29, 0.717) is 6.42 Å². The van der Waals surface area contributed by atoms with Crippen LogP contribution in [-0.2, 0) is 11.2 Å². The summed E-state index contributed by atoms with van der Waals surface area (Å²) in [6.45, 7) is 3.53. The van der Waals surface area contributed by atoms with Gasteiger partial charge in [-0.3, -0.25) is 9.69 Å². The summed E-state index contributed by atoms with van der Waals surface area (Å²) in [7, 11) is 0. The van der Waals surface area contributed by atoms with E-state index in [9.17, 15) is 4.79 Å². The highest BCUT2D eigenvalue weighted by Crippen LogP contribution is 2.27. The fraction of sp³-hybridized carbons (Fsp3) is 0.176. The van der Waals surface area contributed by atoms with Gasteiger partial charge in [0, 0.05) is 18.3 Å². The number of hydrogen-bond donors (Lipinski definition) is 0. The van der Waals surface area contributed by atoms with E-state index in [1.54, 1.807) is 11.8 Å². The molecule has 0 atom stereocenters. The second kappa shape index (κ2) is 6.03. The number of benzene rings is 2. The lowest BCUT2D eigenvalue weighted by atomic mass is 10.1. The highest BCUT2D eigenvalue weighted by Gasteiger charge is 2.14. The van der Waals surface area contributed by atoms with Gasteiger partial charge in [-0.25, -0.2) is 0 Å². The van der Waals surface area contributed by atoms with Crippen molar-refractivity contribution in [2.45, 2.75) is 20.3 Å². The number of aryl methyl sites for hydroxylation is 1. The van der Waals surface area contributed by atoms with Crippen LogP contribution in [0, 0.1) is 18.3 Å². The number of rotatable bonds is 3. The first-order chi connectivity index (χ1) is 9.61. The number of amides is 1. The fourth-order valence-electron chi connectivity index (χ4n) is 2.18. The molecule has 2 aromatic carbocycles. The van der Waals surface area contributed by atoms with Crippen LogP contribution in [0.2, 0.25) is 0 Å². The van der Waals surface area contributed by atoms with Crippen molar-refractivity contribution in [3.05, 3.63) is 59.7 Å². The first kappa shape index (κ1) is 13.8. The van der Waals surface area contributed by atoms with Gasteiger partial charge in [0.25, 0.3) is 0 Å². The lowest BCUT2D eigenvalue weighted by molar-refractivity contribution is -0.115. The summed E-state index contributed by atoms with van der Waals surface area (Å²) in [5, 5.41) is 8.78. The number of hydrogen-bond acceptors (Lipinski definition) is 2. The maximum atomic E-state index is 12.0. The van der Waals surface area contributed by atoms with Gasteiger partial charge in [-0.2, -0.15) is 5.26 Å². The Balaban J connectivity index is 2.46. The molecule has 0 heterocycles. The van der Waals surface area contributed by atoms with E-state index < -0.39 is 0 Å². The molecule has 0 bridgehead atoms. The van der Waals surface area contributed by atoms with Crippen LogP contribution in [0.3, 0.4) is 0 Å². The molecule has 0 aliphatic rings. The molecule has 3 heteroatoms. The van der Waals surface area contributed by atoms with Crippen LogP contribution in [0.4, 0.5) is 11.4 Å². The van der Waals surface area contributed by atoms with E-state index in [1.165, 1.54) is 0 Å². The maximum absolute atomic E-state index is 12.0. The van der Waals surface area contributed by atoms with Crippen LogP contribution in [0.1, 0.15) is 18.1 Å². The molecule has 2 aromatic rings. The molecule has 1 amide bonds. The Kier molecular flexibility index (Phi) is 4.17. The highest BCUT2D eigenvalue weighted by atomic mass is 16.2. The summed E-state index contributed by atoms with van der Waals surface area (Å²) in [5.74, 6) is -0.0512. The molecule has 0 saturated carbocycles. The highest BCUT2D eigenvalue weighted by molar-refractivity contribution is 5.99.